The molecule has 0 bridgehead atoms. The van der Waals surface area contributed by atoms with Crippen LogP contribution in [0.4, 0.5) is 4.79 Å². The van der Waals surface area contributed by atoms with E-state index in [0.717, 1.165) is 11.1 Å². The Morgan fingerprint density at radius 1 is 1.44 bits per heavy atom. The third-order valence-electron chi connectivity index (χ3n) is 1.35. The number of carbonyl (C=O) groups excluding carboxylic acids is 1. The summed E-state index contributed by atoms with van der Waals surface area (Å²) in [5, 5.41) is 18.7. The average Bonchev–Trinajstić information content (AvgIpc) is 2.20. The third-order valence-corrected chi connectivity index (χ3v) is 1.35. The van der Waals surface area contributed by atoms with Crippen molar-refractivity contribution < 1.29 is 24.6 Å². The molecule has 3 N–H and O–H groups in total. The van der Waals surface area contributed by atoms with Crippen LogP contribution in [0, 0.1) is 0 Å². The summed E-state index contributed by atoms with van der Waals surface area (Å²) in [6.07, 6.45) is 1.28. The maximum Gasteiger partial charge on any atom is 0.410 e. The summed E-state index contributed by atoms with van der Waals surface area (Å²) in [4.78, 5) is 35.3. The molecular formula is C8H11N3O5. The number of amidine groups is 1. The van der Waals surface area contributed by atoms with Gasteiger partial charge in [0.1, 0.15) is 12.4 Å². The van der Waals surface area contributed by atoms with E-state index in [1.807, 2.05) is 5.32 Å². The highest BCUT2D eigenvalue weighted by atomic mass is 16.4. The van der Waals surface area contributed by atoms with E-state index in [4.69, 9.17) is 10.2 Å². The molecule has 0 aromatic heterocycles. The van der Waals surface area contributed by atoms with Crippen molar-refractivity contribution in [2.75, 3.05) is 13.6 Å². The molecule has 0 unspecified atom stereocenters. The Balaban J connectivity index is 4.46. The van der Waals surface area contributed by atoms with Crippen LogP contribution in [0.3, 0.4) is 0 Å². The Hall–Kier alpha value is -2.38. The van der Waals surface area contributed by atoms with Gasteiger partial charge in [0.2, 0.25) is 6.41 Å². The molecule has 0 spiro atoms. The quantitative estimate of drug-likeness (QED) is 0.328. The van der Waals surface area contributed by atoms with Crippen LogP contribution in [0.2, 0.25) is 0 Å². The van der Waals surface area contributed by atoms with Crippen molar-refractivity contribution >= 4 is 24.3 Å². The number of hydrogen-bond donors (Lipinski definition) is 3. The molecule has 0 aromatic rings. The van der Waals surface area contributed by atoms with E-state index in [0.29, 0.717) is 6.41 Å². The molecule has 0 rings (SSSR count). The zero-order chi connectivity index (χ0) is 12.6. The maximum absolute atomic E-state index is 10.4. The lowest BCUT2D eigenvalue weighted by Crippen LogP contribution is -2.28. The van der Waals surface area contributed by atoms with E-state index in [2.05, 4.69) is 4.99 Å². The van der Waals surface area contributed by atoms with Crippen molar-refractivity contribution in [1.29, 1.82) is 0 Å². The van der Waals surface area contributed by atoms with Crippen LogP contribution in [-0.2, 0) is 9.59 Å². The van der Waals surface area contributed by atoms with Gasteiger partial charge in [-0.05, 0) is 6.08 Å². The largest absolute Gasteiger partial charge is 0.480 e. The van der Waals surface area contributed by atoms with E-state index in [1.54, 1.807) is 0 Å². The second-order valence-electron chi connectivity index (χ2n) is 2.53. The predicted octanol–water partition coefficient (Wildman–Crippen LogP) is -0.661. The monoisotopic (exact) mass is 229 g/mol. The van der Waals surface area contributed by atoms with Gasteiger partial charge >= 0.3 is 12.1 Å². The van der Waals surface area contributed by atoms with Gasteiger partial charge in [-0.2, -0.15) is 0 Å². The molecule has 0 saturated carbocycles. The Labute approximate surface area is 90.9 Å². The Morgan fingerprint density at radius 3 is 2.44 bits per heavy atom. The first-order valence-electron chi connectivity index (χ1n) is 4.07. The van der Waals surface area contributed by atoms with Gasteiger partial charge in [-0.15, -0.1) is 0 Å². The van der Waals surface area contributed by atoms with Crippen molar-refractivity contribution in [1.82, 2.24) is 10.2 Å². The Bertz CT molecular complexity index is 337. The number of carboxylic acid groups (broad SMARTS) is 2. The molecule has 0 aliphatic carbocycles. The molecule has 8 nitrogen and oxygen atoms in total. The summed E-state index contributed by atoms with van der Waals surface area (Å²) in [5.74, 6) is -1.19. The fourth-order valence-electron chi connectivity index (χ4n) is 0.729. The summed E-state index contributed by atoms with van der Waals surface area (Å²) in [6.45, 7) is -0.510. The number of carboxylic acids is 1. The maximum atomic E-state index is 10.4. The topological polar surface area (TPSA) is 119 Å². The molecule has 8 heteroatoms. The van der Waals surface area contributed by atoms with Crippen molar-refractivity contribution in [3.8, 4) is 0 Å². The van der Waals surface area contributed by atoms with E-state index in [9.17, 15) is 14.4 Å². The van der Waals surface area contributed by atoms with E-state index >= 15 is 0 Å². The molecule has 0 fully saturated rings. The highest BCUT2D eigenvalue weighted by Gasteiger charge is 2.04. The van der Waals surface area contributed by atoms with Gasteiger partial charge in [-0.3, -0.25) is 19.9 Å². The molecule has 0 aliphatic rings. The molecule has 16 heavy (non-hydrogen) atoms. The Morgan fingerprint density at radius 2 is 2.06 bits per heavy atom. The number of carbonyl (C=O) groups is 3. The second-order valence-corrected chi connectivity index (χ2v) is 2.53. The van der Waals surface area contributed by atoms with Gasteiger partial charge in [-0.25, -0.2) is 4.79 Å². The zero-order valence-electron chi connectivity index (χ0n) is 8.45. The van der Waals surface area contributed by atoms with Crippen LogP contribution < -0.4 is 5.32 Å². The number of rotatable bonds is 5. The fraction of sp³-hybridized carbons (Fsp3) is 0.250. The number of nitrogens with zero attached hydrogens (tertiary/aromatic N) is 2. The van der Waals surface area contributed by atoms with Gasteiger partial charge < -0.3 is 15.1 Å². The number of aliphatic carboxylic acids is 1. The Kier molecular flexibility index (Phi) is 5.95. The molecule has 0 aromatic carbocycles. The van der Waals surface area contributed by atoms with Gasteiger partial charge in [-0.1, -0.05) is 0 Å². The standard InChI is InChI=1S/C8H11N3O5/c1-9-6(10-8(15)16)2-3-11(5-12)4-7(13)14/h2-3,5H,4H2,1H3,(H,9,10)(H,13,14)(H,15,16)/b3-2-. The number of aliphatic imine (C=N–C) groups is 1. The van der Waals surface area contributed by atoms with Crippen molar-refractivity contribution in [2.45, 2.75) is 0 Å². The summed E-state index contributed by atoms with van der Waals surface area (Å²) in [6, 6.07) is 0. The molecule has 0 aliphatic heterocycles. The van der Waals surface area contributed by atoms with Crippen molar-refractivity contribution in [3.05, 3.63) is 12.3 Å². The van der Waals surface area contributed by atoms with Gasteiger partial charge in [0.05, 0.1) is 0 Å². The minimum absolute atomic E-state index is 0.00950. The SMILES string of the molecule is CN=C(/C=C\N(C=O)CC(=O)O)NC(=O)O. The van der Waals surface area contributed by atoms with Crippen LogP contribution in [0.15, 0.2) is 17.3 Å². The van der Waals surface area contributed by atoms with Crippen LogP contribution in [0.1, 0.15) is 0 Å². The summed E-state index contributed by atoms with van der Waals surface area (Å²) in [7, 11) is 1.35. The normalized spacial score (nSPS) is 11.2. The summed E-state index contributed by atoms with van der Waals surface area (Å²) >= 11 is 0. The minimum atomic E-state index is -1.30. The highest BCUT2D eigenvalue weighted by Crippen LogP contribution is 1.86. The smallest absolute Gasteiger partial charge is 0.410 e. The number of hydrogen-bond acceptors (Lipinski definition) is 4. The van der Waals surface area contributed by atoms with Gasteiger partial charge in [0.15, 0.2) is 0 Å². The highest BCUT2D eigenvalue weighted by molar-refractivity contribution is 6.01. The number of amides is 2. The first-order chi connectivity index (χ1) is 7.49. The lowest BCUT2D eigenvalue weighted by molar-refractivity contribution is -0.139. The fourth-order valence-corrected chi connectivity index (χ4v) is 0.729. The van der Waals surface area contributed by atoms with Crippen LogP contribution in [0.25, 0.3) is 0 Å². The van der Waals surface area contributed by atoms with E-state index in [-0.39, 0.29) is 5.84 Å². The molecule has 88 valence electrons. The lowest BCUT2D eigenvalue weighted by atomic mass is 10.5. The third kappa shape index (κ3) is 6.13. The first kappa shape index (κ1) is 13.6. The number of nitrogens with one attached hydrogen (secondary N) is 1. The van der Waals surface area contributed by atoms with Crippen LogP contribution >= 0.6 is 0 Å². The second kappa shape index (κ2) is 6.98. The molecule has 0 atom stereocenters. The van der Waals surface area contributed by atoms with E-state index < -0.39 is 18.6 Å². The zero-order valence-corrected chi connectivity index (χ0v) is 8.45. The van der Waals surface area contributed by atoms with Crippen LogP contribution in [0.5, 0.6) is 0 Å². The minimum Gasteiger partial charge on any atom is -0.480 e. The lowest BCUT2D eigenvalue weighted by Gasteiger charge is -2.08. The first-order valence-corrected chi connectivity index (χ1v) is 4.07. The van der Waals surface area contributed by atoms with Crippen molar-refractivity contribution in [3.63, 3.8) is 0 Å². The summed E-state index contributed by atoms with van der Waals surface area (Å²) in [5.41, 5.74) is 0. The van der Waals surface area contributed by atoms with Gasteiger partial charge in [0.25, 0.3) is 0 Å². The molecule has 0 saturated heterocycles. The summed E-state index contributed by atoms with van der Waals surface area (Å²) < 4.78 is 0. The van der Waals surface area contributed by atoms with Gasteiger partial charge in [0, 0.05) is 13.2 Å². The molecule has 2 amide bonds. The molecular weight excluding hydrogens is 218 g/mol. The van der Waals surface area contributed by atoms with E-state index in [1.165, 1.54) is 13.1 Å². The average molecular weight is 229 g/mol. The molecule has 0 heterocycles. The predicted molar refractivity (Wildman–Crippen MR) is 54.1 cm³/mol. The van der Waals surface area contributed by atoms with Crippen LogP contribution in [-0.4, -0.2) is 53.0 Å². The molecule has 0 radical (unpaired) electrons. The van der Waals surface area contributed by atoms with Crippen molar-refractivity contribution in [2.24, 2.45) is 4.99 Å².